The molecule has 2 aromatic carbocycles. The van der Waals surface area contributed by atoms with E-state index in [0.29, 0.717) is 12.0 Å². The number of nitrogens with one attached hydrogen (secondary N) is 1. The maximum atomic E-state index is 13.3. The molecule has 0 saturated heterocycles. The second kappa shape index (κ2) is 7.65. The van der Waals surface area contributed by atoms with Crippen molar-refractivity contribution in [2.24, 2.45) is 0 Å². The third-order valence-electron chi connectivity index (χ3n) is 3.15. The van der Waals surface area contributed by atoms with Crippen molar-refractivity contribution in [3.63, 3.8) is 0 Å². The molecule has 0 bridgehead atoms. The van der Waals surface area contributed by atoms with Gasteiger partial charge >= 0.3 is 0 Å². The molecule has 0 aromatic heterocycles. The predicted octanol–water partition coefficient (Wildman–Crippen LogP) is 5.23. The zero-order valence-electron chi connectivity index (χ0n) is 11.5. The van der Waals surface area contributed by atoms with Gasteiger partial charge in [-0.25, -0.2) is 8.78 Å². The van der Waals surface area contributed by atoms with E-state index in [-0.39, 0.29) is 6.04 Å². The van der Waals surface area contributed by atoms with Crippen LogP contribution in [-0.2, 0) is 6.42 Å². The van der Waals surface area contributed by atoms with Crippen molar-refractivity contribution in [3.05, 3.63) is 67.2 Å². The Morgan fingerprint density at radius 3 is 2.43 bits per heavy atom. The Kier molecular flexibility index (Phi) is 6.13. The first kappa shape index (κ1) is 16.8. The summed E-state index contributed by atoms with van der Waals surface area (Å²) in [5.41, 5.74) is 1.77. The molecule has 2 rings (SSSR count). The Labute approximate surface area is 145 Å². The highest BCUT2D eigenvalue weighted by atomic mass is 127. The zero-order chi connectivity index (χ0) is 15.4. The van der Waals surface area contributed by atoms with Gasteiger partial charge in [0.25, 0.3) is 0 Å². The minimum absolute atomic E-state index is 0.0144. The molecule has 112 valence electrons. The van der Waals surface area contributed by atoms with Crippen LogP contribution in [0.4, 0.5) is 8.78 Å². The molecule has 1 unspecified atom stereocenters. The highest BCUT2D eigenvalue weighted by Gasteiger charge is 2.15. The van der Waals surface area contributed by atoms with Gasteiger partial charge in [0.15, 0.2) is 0 Å². The van der Waals surface area contributed by atoms with E-state index in [4.69, 9.17) is 0 Å². The lowest BCUT2D eigenvalue weighted by molar-refractivity contribution is 0.537. The quantitative estimate of drug-likeness (QED) is 0.596. The highest BCUT2D eigenvalue weighted by molar-refractivity contribution is 14.1. The molecule has 2 aromatic rings. The monoisotopic (exact) mass is 465 g/mol. The molecule has 0 amide bonds. The summed E-state index contributed by atoms with van der Waals surface area (Å²) >= 11 is 5.75. The molecule has 0 radical (unpaired) electrons. The SMILES string of the molecule is CCNC(Cc1cc(F)cc(F)c1)c1cc(Br)ccc1I. The molecule has 21 heavy (non-hydrogen) atoms. The van der Waals surface area contributed by atoms with Crippen LogP contribution in [0.5, 0.6) is 0 Å². The fraction of sp³-hybridized carbons (Fsp3) is 0.250. The fourth-order valence-corrected chi connectivity index (χ4v) is 3.37. The molecule has 1 atom stereocenters. The number of rotatable bonds is 5. The molecular weight excluding hydrogens is 451 g/mol. The van der Waals surface area contributed by atoms with Crippen molar-refractivity contribution in [1.29, 1.82) is 0 Å². The topological polar surface area (TPSA) is 12.0 Å². The van der Waals surface area contributed by atoms with Crippen LogP contribution in [0.25, 0.3) is 0 Å². The average Bonchev–Trinajstić information content (AvgIpc) is 2.40. The molecule has 0 spiro atoms. The Balaban J connectivity index is 2.32. The highest BCUT2D eigenvalue weighted by Crippen LogP contribution is 2.27. The summed E-state index contributed by atoms with van der Waals surface area (Å²) in [4.78, 5) is 0. The van der Waals surface area contributed by atoms with Crippen molar-refractivity contribution < 1.29 is 8.78 Å². The van der Waals surface area contributed by atoms with Crippen LogP contribution >= 0.6 is 38.5 Å². The van der Waals surface area contributed by atoms with Crippen molar-refractivity contribution in [1.82, 2.24) is 5.32 Å². The third kappa shape index (κ3) is 4.72. The van der Waals surface area contributed by atoms with Crippen molar-refractivity contribution in [2.45, 2.75) is 19.4 Å². The fourth-order valence-electron chi connectivity index (χ4n) is 2.28. The molecule has 0 saturated carbocycles. The summed E-state index contributed by atoms with van der Waals surface area (Å²) in [6.45, 7) is 2.80. The standard InChI is InChI=1S/C16H15BrF2IN/c1-2-21-16(14-8-11(17)3-4-15(14)20)7-10-5-12(18)9-13(19)6-10/h3-6,8-9,16,21H,2,7H2,1H3. The van der Waals surface area contributed by atoms with E-state index in [9.17, 15) is 8.78 Å². The normalized spacial score (nSPS) is 12.4. The third-order valence-corrected chi connectivity index (χ3v) is 4.62. The Hall–Kier alpha value is -0.530. The summed E-state index contributed by atoms with van der Waals surface area (Å²) < 4.78 is 28.8. The van der Waals surface area contributed by atoms with Crippen LogP contribution in [0.2, 0.25) is 0 Å². The number of hydrogen-bond donors (Lipinski definition) is 1. The van der Waals surface area contributed by atoms with Gasteiger partial charge in [0, 0.05) is 20.2 Å². The largest absolute Gasteiger partial charge is 0.310 e. The van der Waals surface area contributed by atoms with Gasteiger partial charge in [-0.3, -0.25) is 0 Å². The van der Waals surface area contributed by atoms with Gasteiger partial charge in [-0.15, -0.1) is 0 Å². The zero-order valence-corrected chi connectivity index (χ0v) is 15.2. The molecule has 1 nitrogen and oxygen atoms in total. The summed E-state index contributed by atoms with van der Waals surface area (Å²) in [7, 11) is 0. The number of likely N-dealkylation sites (N-methyl/N-ethyl adjacent to an activating group) is 1. The van der Waals surface area contributed by atoms with Crippen LogP contribution in [0.3, 0.4) is 0 Å². The van der Waals surface area contributed by atoms with E-state index >= 15 is 0 Å². The van der Waals surface area contributed by atoms with E-state index in [1.807, 2.05) is 25.1 Å². The van der Waals surface area contributed by atoms with Crippen LogP contribution < -0.4 is 5.32 Å². The Bertz CT molecular complexity index is 613. The smallest absolute Gasteiger partial charge is 0.126 e. The number of benzene rings is 2. The minimum atomic E-state index is -0.538. The lowest BCUT2D eigenvalue weighted by Crippen LogP contribution is -2.24. The van der Waals surface area contributed by atoms with Gasteiger partial charge in [-0.1, -0.05) is 22.9 Å². The van der Waals surface area contributed by atoms with Crippen molar-refractivity contribution >= 4 is 38.5 Å². The maximum Gasteiger partial charge on any atom is 0.126 e. The van der Waals surface area contributed by atoms with Crippen LogP contribution in [0.15, 0.2) is 40.9 Å². The van der Waals surface area contributed by atoms with Crippen LogP contribution in [-0.4, -0.2) is 6.54 Å². The molecule has 0 heterocycles. The van der Waals surface area contributed by atoms with E-state index in [0.717, 1.165) is 26.2 Å². The first-order chi connectivity index (χ1) is 9.99. The van der Waals surface area contributed by atoms with Gasteiger partial charge in [-0.05, 0) is 77.0 Å². The van der Waals surface area contributed by atoms with E-state index < -0.39 is 11.6 Å². The number of halogens is 4. The second-order valence-corrected chi connectivity index (χ2v) is 6.84. The van der Waals surface area contributed by atoms with Crippen LogP contribution in [0.1, 0.15) is 24.1 Å². The Morgan fingerprint density at radius 2 is 1.81 bits per heavy atom. The van der Waals surface area contributed by atoms with Gasteiger partial charge in [0.05, 0.1) is 0 Å². The molecule has 0 fully saturated rings. The Morgan fingerprint density at radius 1 is 1.14 bits per heavy atom. The van der Waals surface area contributed by atoms with Gasteiger partial charge < -0.3 is 5.32 Å². The van der Waals surface area contributed by atoms with Crippen molar-refractivity contribution in [3.8, 4) is 0 Å². The second-order valence-electron chi connectivity index (χ2n) is 4.76. The average molecular weight is 466 g/mol. The van der Waals surface area contributed by atoms with E-state index in [1.165, 1.54) is 12.1 Å². The van der Waals surface area contributed by atoms with Crippen LogP contribution in [0, 0.1) is 15.2 Å². The van der Waals surface area contributed by atoms with E-state index in [1.54, 1.807) is 0 Å². The lowest BCUT2D eigenvalue weighted by atomic mass is 9.98. The molecule has 0 aliphatic carbocycles. The van der Waals surface area contributed by atoms with E-state index in [2.05, 4.69) is 43.8 Å². The predicted molar refractivity (Wildman–Crippen MR) is 93.3 cm³/mol. The summed E-state index contributed by atoms with van der Waals surface area (Å²) in [6, 6.07) is 9.74. The summed E-state index contributed by atoms with van der Waals surface area (Å²) in [5, 5.41) is 3.38. The number of hydrogen-bond acceptors (Lipinski definition) is 1. The maximum absolute atomic E-state index is 13.3. The summed E-state index contributed by atoms with van der Waals surface area (Å²) in [5.74, 6) is -1.08. The molecule has 0 aliphatic heterocycles. The minimum Gasteiger partial charge on any atom is -0.310 e. The molecular formula is C16H15BrF2IN. The lowest BCUT2D eigenvalue weighted by Gasteiger charge is -2.20. The summed E-state index contributed by atoms with van der Waals surface area (Å²) in [6.07, 6.45) is 0.537. The molecule has 5 heteroatoms. The van der Waals surface area contributed by atoms with Crippen molar-refractivity contribution in [2.75, 3.05) is 6.54 Å². The van der Waals surface area contributed by atoms with Gasteiger partial charge in [0.1, 0.15) is 11.6 Å². The first-order valence-corrected chi connectivity index (χ1v) is 8.50. The van der Waals surface area contributed by atoms with Gasteiger partial charge in [0.2, 0.25) is 0 Å². The molecule has 0 aliphatic rings. The first-order valence-electron chi connectivity index (χ1n) is 6.63. The molecule has 1 N–H and O–H groups in total. The van der Waals surface area contributed by atoms with Gasteiger partial charge in [-0.2, -0.15) is 0 Å².